The van der Waals surface area contributed by atoms with Crippen LogP contribution in [0.2, 0.25) is 0 Å². The first-order valence-corrected chi connectivity index (χ1v) is 7.06. The fraction of sp³-hybridized carbons (Fsp3) is 0.571. The van der Waals surface area contributed by atoms with Gasteiger partial charge in [0, 0.05) is 19.7 Å². The first-order chi connectivity index (χ1) is 10.2. The van der Waals surface area contributed by atoms with Crippen molar-refractivity contribution in [2.24, 2.45) is 0 Å². The van der Waals surface area contributed by atoms with Crippen LogP contribution >= 0.6 is 0 Å². The molecule has 1 aromatic heterocycles. The zero-order chi connectivity index (χ0) is 14.9. The zero-order valence-corrected chi connectivity index (χ0v) is 11.8. The molecular formula is C14H20FN3O3. The third kappa shape index (κ3) is 6.05. The molecule has 0 radical (unpaired) electrons. The molecule has 1 atom stereocenters. The smallest absolute Gasteiger partial charge is 0.246 e. The molecule has 1 fully saturated rings. The number of pyridine rings is 1. The Morgan fingerprint density at radius 1 is 1.48 bits per heavy atom. The molecule has 2 heterocycles. The van der Waals surface area contributed by atoms with Crippen LogP contribution in [0.25, 0.3) is 0 Å². The summed E-state index contributed by atoms with van der Waals surface area (Å²) >= 11 is 0. The highest BCUT2D eigenvalue weighted by atomic mass is 19.1. The Kier molecular flexibility index (Phi) is 6.36. The van der Waals surface area contributed by atoms with Gasteiger partial charge in [-0.1, -0.05) is 6.07 Å². The fourth-order valence-corrected chi connectivity index (χ4v) is 2.01. The predicted molar refractivity (Wildman–Crippen MR) is 75.5 cm³/mol. The summed E-state index contributed by atoms with van der Waals surface area (Å²) in [6.45, 7) is 2.14. The van der Waals surface area contributed by atoms with E-state index in [0.29, 0.717) is 25.5 Å². The van der Waals surface area contributed by atoms with Crippen LogP contribution in [0.4, 0.5) is 10.2 Å². The van der Waals surface area contributed by atoms with Crippen LogP contribution in [0, 0.1) is 5.95 Å². The fourth-order valence-electron chi connectivity index (χ4n) is 2.01. The lowest BCUT2D eigenvalue weighted by Gasteiger charge is -2.10. The lowest BCUT2D eigenvalue weighted by atomic mass is 10.2. The van der Waals surface area contributed by atoms with Gasteiger partial charge in [-0.15, -0.1) is 0 Å². The first-order valence-electron chi connectivity index (χ1n) is 7.06. The largest absolute Gasteiger partial charge is 0.376 e. The van der Waals surface area contributed by atoms with Crippen LogP contribution in [-0.4, -0.2) is 49.9 Å². The van der Waals surface area contributed by atoms with Gasteiger partial charge in [-0.3, -0.25) is 4.79 Å². The Hall–Kier alpha value is -1.73. The highest BCUT2D eigenvalue weighted by Gasteiger charge is 2.15. The van der Waals surface area contributed by atoms with Gasteiger partial charge in [0.05, 0.1) is 12.7 Å². The van der Waals surface area contributed by atoms with E-state index in [2.05, 4.69) is 15.6 Å². The van der Waals surface area contributed by atoms with E-state index < -0.39 is 5.95 Å². The second kappa shape index (κ2) is 8.53. The van der Waals surface area contributed by atoms with Crippen molar-refractivity contribution < 1.29 is 18.7 Å². The van der Waals surface area contributed by atoms with E-state index in [1.807, 2.05) is 0 Å². The molecule has 1 saturated heterocycles. The summed E-state index contributed by atoms with van der Waals surface area (Å²) in [6, 6.07) is 4.51. The van der Waals surface area contributed by atoms with Gasteiger partial charge in [0.25, 0.3) is 0 Å². The van der Waals surface area contributed by atoms with Gasteiger partial charge in [0.2, 0.25) is 11.9 Å². The van der Waals surface area contributed by atoms with E-state index >= 15 is 0 Å². The molecule has 0 aliphatic carbocycles. The van der Waals surface area contributed by atoms with Crippen LogP contribution in [0.1, 0.15) is 12.8 Å². The quantitative estimate of drug-likeness (QED) is 0.552. The van der Waals surface area contributed by atoms with Crippen LogP contribution in [-0.2, 0) is 14.3 Å². The minimum Gasteiger partial charge on any atom is -0.376 e. The third-order valence-corrected chi connectivity index (χ3v) is 3.03. The molecule has 6 nitrogen and oxygen atoms in total. The first kappa shape index (κ1) is 15.7. The number of aromatic nitrogens is 1. The number of nitrogens with zero attached hydrogens (tertiary/aromatic N) is 1. The molecule has 116 valence electrons. The van der Waals surface area contributed by atoms with Gasteiger partial charge >= 0.3 is 0 Å². The summed E-state index contributed by atoms with van der Waals surface area (Å²) in [5.74, 6) is -0.271. The lowest BCUT2D eigenvalue weighted by molar-refractivity contribution is -0.126. The zero-order valence-electron chi connectivity index (χ0n) is 11.8. The van der Waals surface area contributed by atoms with Crippen molar-refractivity contribution in [3.63, 3.8) is 0 Å². The van der Waals surface area contributed by atoms with Gasteiger partial charge in [-0.2, -0.15) is 4.39 Å². The van der Waals surface area contributed by atoms with Crippen LogP contribution in [0.5, 0.6) is 0 Å². The maximum Gasteiger partial charge on any atom is 0.246 e. The van der Waals surface area contributed by atoms with E-state index in [1.165, 1.54) is 6.07 Å². The van der Waals surface area contributed by atoms with Gasteiger partial charge in [0.15, 0.2) is 0 Å². The number of halogens is 1. The molecule has 21 heavy (non-hydrogen) atoms. The van der Waals surface area contributed by atoms with Crippen molar-refractivity contribution in [3.8, 4) is 0 Å². The van der Waals surface area contributed by atoms with E-state index in [-0.39, 0.29) is 18.6 Å². The van der Waals surface area contributed by atoms with E-state index in [0.717, 1.165) is 19.4 Å². The highest BCUT2D eigenvalue weighted by Crippen LogP contribution is 2.11. The molecule has 1 amide bonds. The Bertz CT molecular complexity index is 453. The molecule has 1 aliphatic heterocycles. The molecule has 0 bridgehead atoms. The number of hydrogen-bond donors (Lipinski definition) is 2. The number of amides is 1. The molecular weight excluding hydrogens is 277 g/mol. The maximum absolute atomic E-state index is 12.8. The molecule has 1 unspecified atom stereocenters. The number of carbonyl (C=O) groups excluding carboxylic acids is 1. The Balaban J connectivity index is 1.50. The summed E-state index contributed by atoms with van der Waals surface area (Å²) in [6.07, 6.45) is 2.17. The standard InChI is InChI=1S/C14H20FN3O3/c15-12-4-1-5-13(18-12)16-6-7-17-14(19)10-20-9-11-3-2-8-21-11/h1,4-5,11H,2-3,6-10H2,(H,16,18)(H,17,19). The highest BCUT2D eigenvalue weighted by molar-refractivity contribution is 5.77. The number of carbonyl (C=O) groups is 1. The second-order valence-electron chi connectivity index (χ2n) is 4.77. The summed E-state index contributed by atoms with van der Waals surface area (Å²) in [4.78, 5) is 15.2. The average Bonchev–Trinajstić information content (AvgIpc) is 2.97. The van der Waals surface area contributed by atoms with Crippen LogP contribution in [0.15, 0.2) is 18.2 Å². The number of rotatable bonds is 8. The van der Waals surface area contributed by atoms with E-state index in [4.69, 9.17) is 9.47 Å². The van der Waals surface area contributed by atoms with Crippen LogP contribution in [0.3, 0.4) is 0 Å². The molecule has 1 aliphatic rings. The second-order valence-corrected chi connectivity index (χ2v) is 4.77. The van der Waals surface area contributed by atoms with E-state index in [9.17, 15) is 9.18 Å². The SMILES string of the molecule is O=C(COCC1CCCO1)NCCNc1cccc(F)n1. The van der Waals surface area contributed by atoms with Crippen molar-refractivity contribution in [1.29, 1.82) is 0 Å². The molecule has 0 aromatic carbocycles. The molecule has 0 spiro atoms. The third-order valence-electron chi connectivity index (χ3n) is 3.03. The van der Waals surface area contributed by atoms with Gasteiger partial charge in [-0.05, 0) is 25.0 Å². The minimum atomic E-state index is -0.536. The van der Waals surface area contributed by atoms with Gasteiger partial charge in [0.1, 0.15) is 12.4 Å². The lowest BCUT2D eigenvalue weighted by Crippen LogP contribution is -2.32. The minimum absolute atomic E-state index is 0.0259. The summed E-state index contributed by atoms with van der Waals surface area (Å²) in [7, 11) is 0. The molecule has 2 N–H and O–H groups in total. The van der Waals surface area contributed by atoms with E-state index in [1.54, 1.807) is 12.1 Å². The number of anilines is 1. The predicted octanol–water partition coefficient (Wildman–Crippen LogP) is 0.944. The molecule has 7 heteroatoms. The van der Waals surface area contributed by atoms with Crippen molar-refractivity contribution in [2.75, 3.05) is 38.2 Å². The normalized spacial score (nSPS) is 17.7. The van der Waals surface area contributed by atoms with Crippen molar-refractivity contribution in [2.45, 2.75) is 18.9 Å². The van der Waals surface area contributed by atoms with Gasteiger partial charge in [-0.25, -0.2) is 4.98 Å². The van der Waals surface area contributed by atoms with Crippen molar-refractivity contribution in [1.82, 2.24) is 10.3 Å². The molecule has 0 saturated carbocycles. The molecule has 2 rings (SSSR count). The Morgan fingerprint density at radius 3 is 3.14 bits per heavy atom. The maximum atomic E-state index is 12.8. The molecule has 1 aromatic rings. The average molecular weight is 297 g/mol. The summed E-state index contributed by atoms with van der Waals surface area (Å²) in [5.41, 5.74) is 0. The van der Waals surface area contributed by atoms with Gasteiger partial charge < -0.3 is 20.1 Å². The number of nitrogens with one attached hydrogen (secondary N) is 2. The monoisotopic (exact) mass is 297 g/mol. The number of ether oxygens (including phenoxy) is 2. The van der Waals surface area contributed by atoms with Crippen molar-refractivity contribution >= 4 is 11.7 Å². The topological polar surface area (TPSA) is 72.5 Å². The number of hydrogen-bond acceptors (Lipinski definition) is 5. The summed E-state index contributed by atoms with van der Waals surface area (Å²) in [5, 5.41) is 5.62. The van der Waals surface area contributed by atoms with Crippen LogP contribution < -0.4 is 10.6 Å². The Morgan fingerprint density at radius 2 is 2.38 bits per heavy atom. The summed E-state index contributed by atoms with van der Waals surface area (Å²) < 4.78 is 23.5. The van der Waals surface area contributed by atoms with Crippen molar-refractivity contribution in [3.05, 3.63) is 24.1 Å². The Labute approximate surface area is 123 Å².